The van der Waals surface area contributed by atoms with Gasteiger partial charge in [-0.15, -0.1) is 0 Å². The highest BCUT2D eigenvalue weighted by atomic mass is 35.5. The summed E-state index contributed by atoms with van der Waals surface area (Å²) in [5.74, 6) is 0. The zero-order chi connectivity index (χ0) is 14.4. The molecule has 0 bridgehead atoms. The van der Waals surface area contributed by atoms with E-state index in [4.69, 9.17) is 11.6 Å². The van der Waals surface area contributed by atoms with Crippen LogP contribution < -0.4 is 5.56 Å². The Kier molecular flexibility index (Phi) is 2.79. The fourth-order valence-electron chi connectivity index (χ4n) is 2.54. The second-order valence-corrected chi connectivity index (χ2v) is 5.66. The summed E-state index contributed by atoms with van der Waals surface area (Å²) < 4.78 is 1.78. The van der Waals surface area contributed by atoms with Crippen molar-refractivity contribution >= 4 is 22.8 Å². The van der Waals surface area contributed by atoms with Gasteiger partial charge in [0.25, 0.3) is 5.56 Å². The summed E-state index contributed by atoms with van der Waals surface area (Å²) in [6.07, 6.45) is 3.73. The number of rotatable bonds is 2. The summed E-state index contributed by atoms with van der Waals surface area (Å²) in [5, 5.41) is 0.595. The first-order valence-electron chi connectivity index (χ1n) is 6.87. The third-order valence-corrected chi connectivity index (χ3v) is 3.89. The molecule has 1 aromatic carbocycles. The summed E-state index contributed by atoms with van der Waals surface area (Å²) in [7, 11) is 0. The summed E-state index contributed by atoms with van der Waals surface area (Å²) in [4.78, 5) is 21.6. The first-order valence-corrected chi connectivity index (χ1v) is 7.25. The molecule has 0 N–H and O–H groups in total. The summed E-state index contributed by atoms with van der Waals surface area (Å²) in [6.45, 7) is 0. The van der Waals surface area contributed by atoms with Crippen LogP contribution in [0.5, 0.6) is 0 Å². The molecule has 4 nitrogen and oxygen atoms in total. The molecule has 0 spiro atoms. The lowest BCUT2D eigenvalue weighted by Crippen LogP contribution is -2.23. The Balaban J connectivity index is 2.06. The SMILES string of the molecule is O=c1c(-c2cccc(Cl)c2)nc2cccnc2n1C1CC1. The monoisotopic (exact) mass is 297 g/mol. The highest BCUT2D eigenvalue weighted by Crippen LogP contribution is 2.35. The van der Waals surface area contributed by atoms with Gasteiger partial charge in [-0.05, 0) is 37.1 Å². The van der Waals surface area contributed by atoms with E-state index >= 15 is 0 Å². The smallest absolute Gasteiger partial charge is 0.278 e. The third-order valence-electron chi connectivity index (χ3n) is 3.66. The lowest BCUT2D eigenvalue weighted by atomic mass is 10.1. The van der Waals surface area contributed by atoms with Gasteiger partial charge in [0.15, 0.2) is 5.65 Å². The Morgan fingerprint density at radius 2 is 2.05 bits per heavy atom. The van der Waals surface area contributed by atoms with Gasteiger partial charge in [0, 0.05) is 22.8 Å². The molecule has 5 heteroatoms. The highest BCUT2D eigenvalue weighted by Gasteiger charge is 2.28. The van der Waals surface area contributed by atoms with E-state index in [1.165, 1.54) is 0 Å². The predicted molar refractivity (Wildman–Crippen MR) is 82.5 cm³/mol. The van der Waals surface area contributed by atoms with E-state index in [1.54, 1.807) is 22.9 Å². The van der Waals surface area contributed by atoms with E-state index in [0.29, 0.717) is 16.4 Å². The van der Waals surface area contributed by atoms with Crippen molar-refractivity contribution in [1.29, 1.82) is 0 Å². The molecule has 4 rings (SSSR count). The van der Waals surface area contributed by atoms with Crippen LogP contribution in [-0.2, 0) is 0 Å². The lowest BCUT2D eigenvalue weighted by molar-refractivity contribution is 0.726. The zero-order valence-electron chi connectivity index (χ0n) is 11.2. The van der Waals surface area contributed by atoms with Gasteiger partial charge < -0.3 is 0 Å². The van der Waals surface area contributed by atoms with E-state index in [0.717, 1.165) is 23.9 Å². The van der Waals surface area contributed by atoms with Gasteiger partial charge in [-0.2, -0.15) is 0 Å². The van der Waals surface area contributed by atoms with E-state index in [2.05, 4.69) is 9.97 Å². The number of pyridine rings is 1. The summed E-state index contributed by atoms with van der Waals surface area (Å²) in [6, 6.07) is 11.2. The number of nitrogens with zero attached hydrogens (tertiary/aromatic N) is 3. The Labute approximate surface area is 126 Å². The third kappa shape index (κ3) is 2.12. The first-order chi connectivity index (χ1) is 10.2. The maximum absolute atomic E-state index is 12.8. The van der Waals surface area contributed by atoms with E-state index in [-0.39, 0.29) is 11.6 Å². The molecular weight excluding hydrogens is 286 g/mol. The van der Waals surface area contributed by atoms with E-state index < -0.39 is 0 Å². The van der Waals surface area contributed by atoms with Gasteiger partial charge in [-0.25, -0.2) is 9.97 Å². The topological polar surface area (TPSA) is 47.8 Å². The van der Waals surface area contributed by atoms with Crippen LogP contribution in [0.1, 0.15) is 18.9 Å². The summed E-state index contributed by atoms with van der Waals surface area (Å²) >= 11 is 6.03. The van der Waals surface area contributed by atoms with E-state index in [1.807, 2.05) is 24.3 Å². The zero-order valence-corrected chi connectivity index (χ0v) is 11.9. The molecule has 0 saturated heterocycles. The van der Waals surface area contributed by atoms with Crippen LogP contribution in [0, 0.1) is 0 Å². The minimum atomic E-state index is -0.0917. The first kappa shape index (κ1) is 12.5. The molecule has 1 fully saturated rings. The minimum absolute atomic E-state index is 0.0917. The second kappa shape index (κ2) is 4.67. The van der Waals surface area contributed by atoms with Gasteiger partial charge in [0.1, 0.15) is 11.2 Å². The van der Waals surface area contributed by atoms with Crippen molar-refractivity contribution in [2.45, 2.75) is 18.9 Å². The quantitative estimate of drug-likeness (QED) is 0.728. The van der Waals surface area contributed by atoms with Gasteiger partial charge >= 0.3 is 0 Å². The van der Waals surface area contributed by atoms with Crippen molar-refractivity contribution in [3.63, 3.8) is 0 Å². The molecule has 0 amide bonds. The molecule has 0 radical (unpaired) electrons. The van der Waals surface area contributed by atoms with Crippen molar-refractivity contribution in [2.75, 3.05) is 0 Å². The Morgan fingerprint density at radius 1 is 1.19 bits per heavy atom. The van der Waals surface area contributed by atoms with Gasteiger partial charge in [-0.3, -0.25) is 9.36 Å². The molecule has 0 aliphatic heterocycles. The summed E-state index contributed by atoms with van der Waals surface area (Å²) in [5.41, 5.74) is 2.48. The average molecular weight is 298 g/mol. The number of halogens is 1. The van der Waals surface area contributed by atoms with Crippen LogP contribution in [0.25, 0.3) is 22.4 Å². The Morgan fingerprint density at radius 3 is 2.81 bits per heavy atom. The van der Waals surface area contributed by atoms with Gasteiger partial charge in [0.05, 0.1) is 0 Å². The second-order valence-electron chi connectivity index (χ2n) is 5.22. The Hall–Kier alpha value is -2.20. The van der Waals surface area contributed by atoms with E-state index in [9.17, 15) is 4.79 Å². The number of hydrogen-bond acceptors (Lipinski definition) is 3. The fourth-order valence-corrected chi connectivity index (χ4v) is 2.73. The molecule has 2 aromatic heterocycles. The number of hydrogen-bond donors (Lipinski definition) is 0. The molecule has 0 unspecified atom stereocenters. The van der Waals surface area contributed by atoms with Crippen molar-refractivity contribution < 1.29 is 0 Å². The molecule has 21 heavy (non-hydrogen) atoms. The molecule has 1 aliphatic rings. The van der Waals surface area contributed by atoms with Crippen LogP contribution in [0.4, 0.5) is 0 Å². The van der Waals surface area contributed by atoms with Gasteiger partial charge in [0.2, 0.25) is 0 Å². The Bertz CT molecular complexity index is 899. The molecule has 2 heterocycles. The normalized spacial score (nSPS) is 14.5. The average Bonchev–Trinajstić information content (AvgIpc) is 3.31. The van der Waals surface area contributed by atoms with Crippen molar-refractivity contribution in [1.82, 2.24) is 14.5 Å². The van der Waals surface area contributed by atoms with Crippen LogP contribution in [-0.4, -0.2) is 14.5 Å². The van der Waals surface area contributed by atoms with Crippen LogP contribution >= 0.6 is 11.6 Å². The van der Waals surface area contributed by atoms with Crippen molar-refractivity contribution in [3.8, 4) is 11.3 Å². The molecule has 1 aliphatic carbocycles. The van der Waals surface area contributed by atoms with Crippen molar-refractivity contribution in [2.24, 2.45) is 0 Å². The molecule has 104 valence electrons. The molecule has 3 aromatic rings. The largest absolute Gasteiger partial charge is 0.286 e. The highest BCUT2D eigenvalue weighted by molar-refractivity contribution is 6.30. The maximum atomic E-state index is 12.8. The number of fused-ring (bicyclic) bond motifs is 1. The van der Waals surface area contributed by atoms with Crippen molar-refractivity contribution in [3.05, 3.63) is 58.0 Å². The number of benzene rings is 1. The predicted octanol–water partition coefficient (Wildman–Crippen LogP) is 3.45. The number of aromatic nitrogens is 3. The minimum Gasteiger partial charge on any atom is -0.286 e. The standard InChI is InChI=1S/C16H12ClN3O/c17-11-4-1-3-10(9-11)14-16(21)20(12-6-7-12)15-13(19-14)5-2-8-18-15/h1-5,8-9,12H,6-7H2. The molecular formula is C16H12ClN3O. The lowest BCUT2D eigenvalue weighted by Gasteiger charge is -2.10. The van der Waals surface area contributed by atoms with Crippen LogP contribution in [0.2, 0.25) is 5.02 Å². The van der Waals surface area contributed by atoms with Gasteiger partial charge in [-0.1, -0.05) is 23.7 Å². The molecule has 0 atom stereocenters. The maximum Gasteiger partial charge on any atom is 0.278 e. The molecule has 1 saturated carbocycles. The fraction of sp³-hybridized carbons (Fsp3) is 0.188. The van der Waals surface area contributed by atoms with Crippen LogP contribution in [0.15, 0.2) is 47.4 Å². The van der Waals surface area contributed by atoms with Crippen LogP contribution in [0.3, 0.4) is 0 Å².